The molecule has 3 heteroatoms. The first-order chi connectivity index (χ1) is 5.83. The van der Waals surface area contributed by atoms with Gasteiger partial charge in [-0.15, -0.1) is 12.4 Å². The molecule has 0 aromatic heterocycles. The van der Waals surface area contributed by atoms with E-state index < -0.39 is 0 Å². The fourth-order valence-electron chi connectivity index (χ4n) is 0.840. The molecule has 1 aromatic rings. The summed E-state index contributed by atoms with van der Waals surface area (Å²) in [5.74, 6) is -0.154. The molecule has 0 atom stereocenters. The molecule has 0 saturated heterocycles. The summed E-state index contributed by atoms with van der Waals surface area (Å²) in [6.45, 7) is 2.17. The summed E-state index contributed by atoms with van der Waals surface area (Å²) in [6, 6.07) is 9.65. The maximum absolute atomic E-state index is 10.8. The van der Waals surface area contributed by atoms with Crippen LogP contribution >= 0.6 is 12.4 Å². The van der Waals surface area contributed by atoms with Gasteiger partial charge in [-0.2, -0.15) is 0 Å². The Balaban J connectivity index is 0.00000144. The molecule has 0 aliphatic carbocycles. The minimum atomic E-state index is -0.154. The number of hydrogen-bond acceptors (Lipinski definition) is 2. The second kappa shape index (κ2) is 6.49. The van der Waals surface area contributed by atoms with E-state index in [1.165, 1.54) is 0 Å². The van der Waals surface area contributed by atoms with Gasteiger partial charge in [0.2, 0.25) is 0 Å². The lowest BCUT2D eigenvalue weighted by Gasteiger charge is -2.01. The zero-order valence-corrected chi connectivity index (χ0v) is 8.34. The number of benzene rings is 1. The van der Waals surface area contributed by atoms with Gasteiger partial charge in [0.1, 0.15) is 6.61 Å². The van der Waals surface area contributed by atoms with Crippen molar-refractivity contribution >= 4 is 18.4 Å². The molecule has 0 fully saturated rings. The monoisotopic (exact) mass is 200 g/mol. The van der Waals surface area contributed by atoms with E-state index >= 15 is 0 Å². The first-order valence-corrected chi connectivity index (χ1v) is 4.02. The predicted octanol–water partition coefficient (Wildman–Crippen LogP) is 2.56. The predicted molar refractivity (Wildman–Crippen MR) is 53.8 cm³/mol. The zero-order chi connectivity index (χ0) is 8.81. The summed E-state index contributed by atoms with van der Waals surface area (Å²) in [5, 5.41) is 0. The quantitative estimate of drug-likeness (QED) is 0.701. The number of ether oxygens (including phenoxy) is 1. The van der Waals surface area contributed by atoms with Crippen LogP contribution < -0.4 is 0 Å². The van der Waals surface area contributed by atoms with Gasteiger partial charge in [-0.3, -0.25) is 4.79 Å². The van der Waals surface area contributed by atoms with Crippen molar-refractivity contribution in [3.05, 3.63) is 35.9 Å². The second-order valence-corrected chi connectivity index (χ2v) is 2.50. The topological polar surface area (TPSA) is 26.3 Å². The summed E-state index contributed by atoms with van der Waals surface area (Å²) in [7, 11) is 0. The maximum Gasteiger partial charge on any atom is 0.305 e. The van der Waals surface area contributed by atoms with Crippen molar-refractivity contribution in [3.8, 4) is 0 Å². The van der Waals surface area contributed by atoms with E-state index in [1.807, 2.05) is 30.3 Å². The number of carbonyl (C=O) groups excluding carboxylic acids is 1. The van der Waals surface area contributed by atoms with E-state index in [0.717, 1.165) is 5.56 Å². The van der Waals surface area contributed by atoms with Gasteiger partial charge in [-0.1, -0.05) is 37.3 Å². The van der Waals surface area contributed by atoms with Crippen LogP contribution in [0, 0.1) is 0 Å². The van der Waals surface area contributed by atoms with Crippen LogP contribution in [0.5, 0.6) is 0 Å². The Morgan fingerprint density at radius 1 is 1.31 bits per heavy atom. The normalized spacial score (nSPS) is 8.69. The molecular weight excluding hydrogens is 188 g/mol. The average Bonchev–Trinajstić information content (AvgIpc) is 2.16. The molecule has 0 aliphatic rings. The lowest BCUT2D eigenvalue weighted by atomic mass is 10.2. The summed E-state index contributed by atoms with van der Waals surface area (Å²) >= 11 is 0. The molecule has 0 radical (unpaired) electrons. The smallest absolute Gasteiger partial charge is 0.305 e. The van der Waals surface area contributed by atoms with Gasteiger partial charge in [0.05, 0.1) is 0 Å². The summed E-state index contributed by atoms with van der Waals surface area (Å²) < 4.78 is 4.94. The second-order valence-electron chi connectivity index (χ2n) is 2.50. The fourth-order valence-corrected chi connectivity index (χ4v) is 0.840. The molecule has 1 aromatic carbocycles. The van der Waals surface area contributed by atoms with Crippen molar-refractivity contribution in [2.45, 2.75) is 20.0 Å². The Hall–Kier alpha value is -1.02. The first kappa shape index (κ1) is 12.0. The highest BCUT2D eigenvalue weighted by molar-refractivity contribution is 5.85. The molecule has 0 unspecified atom stereocenters. The van der Waals surface area contributed by atoms with Gasteiger partial charge in [0, 0.05) is 6.42 Å². The Morgan fingerprint density at radius 3 is 2.46 bits per heavy atom. The summed E-state index contributed by atoms with van der Waals surface area (Å²) in [4.78, 5) is 10.8. The number of hydrogen-bond donors (Lipinski definition) is 0. The molecule has 0 saturated carbocycles. The van der Waals surface area contributed by atoms with E-state index in [-0.39, 0.29) is 18.4 Å². The Kier molecular flexibility index (Phi) is 5.98. The van der Waals surface area contributed by atoms with Crippen LogP contribution in [0.3, 0.4) is 0 Å². The number of rotatable bonds is 3. The molecule has 2 nitrogen and oxygen atoms in total. The lowest BCUT2D eigenvalue weighted by molar-refractivity contribution is -0.144. The first-order valence-electron chi connectivity index (χ1n) is 4.02. The van der Waals surface area contributed by atoms with Gasteiger partial charge in [0.15, 0.2) is 0 Å². The molecule has 0 bridgehead atoms. The van der Waals surface area contributed by atoms with Gasteiger partial charge in [-0.25, -0.2) is 0 Å². The molecule has 1 rings (SSSR count). The molecule has 0 amide bonds. The van der Waals surface area contributed by atoms with E-state index in [0.29, 0.717) is 13.0 Å². The van der Waals surface area contributed by atoms with Crippen LogP contribution in [0.4, 0.5) is 0 Å². The molecule has 13 heavy (non-hydrogen) atoms. The van der Waals surface area contributed by atoms with Gasteiger partial charge < -0.3 is 4.74 Å². The molecular formula is C10H13ClO2. The number of carbonyl (C=O) groups is 1. The Bertz CT molecular complexity index is 246. The number of esters is 1. The highest BCUT2D eigenvalue weighted by Crippen LogP contribution is 2.00. The van der Waals surface area contributed by atoms with E-state index in [1.54, 1.807) is 6.92 Å². The SMILES string of the molecule is CCC(=O)OCc1ccccc1.Cl. The highest BCUT2D eigenvalue weighted by atomic mass is 35.5. The Morgan fingerprint density at radius 2 is 1.92 bits per heavy atom. The van der Waals surface area contributed by atoms with Gasteiger partial charge >= 0.3 is 5.97 Å². The largest absolute Gasteiger partial charge is 0.461 e. The average molecular weight is 201 g/mol. The third-order valence-corrected chi connectivity index (χ3v) is 1.53. The van der Waals surface area contributed by atoms with Crippen LogP contribution in [0.2, 0.25) is 0 Å². The van der Waals surface area contributed by atoms with E-state index in [4.69, 9.17) is 4.74 Å². The van der Waals surface area contributed by atoms with Crippen LogP contribution in [-0.4, -0.2) is 5.97 Å². The lowest BCUT2D eigenvalue weighted by Crippen LogP contribution is -2.01. The van der Waals surface area contributed by atoms with Crippen molar-refractivity contribution in [1.82, 2.24) is 0 Å². The molecule has 0 spiro atoms. The van der Waals surface area contributed by atoms with Crippen molar-refractivity contribution in [2.24, 2.45) is 0 Å². The third-order valence-electron chi connectivity index (χ3n) is 1.53. The van der Waals surface area contributed by atoms with Crippen LogP contribution in [-0.2, 0) is 16.1 Å². The van der Waals surface area contributed by atoms with Crippen molar-refractivity contribution in [3.63, 3.8) is 0 Å². The number of halogens is 1. The van der Waals surface area contributed by atoms with Crippen LogP contribution in [0.15, 0.2) is 30.3 Å². The van der Waals surface area contributed by atoms with Crippen molar-refractivity contribution < 1.29 is 9.53 Å². The van der Waals surface area contributed by atoms with E-state index in [2.05, 4.69) is 0 Å². The zero-order valence-electron chi connectivity index (χ0n) is 7.53. The minimum absolute atomic E-state index is 0. The van der Waals surface area contributed by atoms with Crippen molar-refractivity contribution in [2.75, 3.05) is 0 Å². The summed E-state index contributed by atoms with van der Waals surface area (Å²) in [5.41, 5.74) is 1.03. The fraction of sp³-hybridized carbons (Fsp3) is 0.300. The molecule has 0 N–H and O–H groups in total. The van der Waals surface area contributed by atoms with Crippen LogP contribution in [0.25, 0.3) is 0 Å². The maximum atomic E-state index is 10.8. The molecule has 72 valence electrons. The molecule has 0 heterocycles. The van der Waals surface area contributed by atoms with E-state index in [9.17, 15) is 4.79 Å². The van der Waals surface area contributed by atoms with Gasteiger partial charge in [0.25, 0.3) is 0 Å². The molecule has 0 aliphatic heterocycles. The van der Waals surface area contributed by atoms with Crippen LogP contribution in [0.1, 0.15) is 18.9 Å². The van der Waals surface area contributed by atoms with Crippen molar-refractivity contribution in [1.29, 1.82) is 0 Å². The van der Waals surface area contributed by atoms with Gasteiger partial charge in [-0.05, 0) is 5.56 Å². The minimum Gasteiger partial charge on any atom is -0.461 e. The standard InChI is InChI=1S/C10H12O2.ClH/c1-2-10(11)12-8-9-6-4-3-5-7-9;/h3-7H,2,8H2,1H3;1H. The third kappa shape index (κ3) is 4.53. The highest BCUT2D eigenvalue weighted by Gasteiger charge is 1.97. The Labute approximate surface area is 84.3 Å². The summed E-state index contributed by atoms with van der Waals surface area (Å²) in [6.07, 6.45) is 0.437.